The molecule has 1 atom stereocenters. The van der Waals surface area contributed by atoms with Gasteiger partial charge in [-0.25, -0.2) is 14.6 Å². The Bertz CT molecular complexity index is 251. The van der Waals surface area contributed by atoms with Gasteiger partial charge in [0.2, 0.25) is 0 Å². The number of hydrazine groups is 1. The molecule has 1 unspecified atom stereocenters. The Morgan fingerprint density at radius 2 is 1.67 bits per heavy atom. The summed E-state index contributed by atoms with van der Waals surface area (Å²) in [7, 11) is 1.97. The van der Waals surface area contributed by atoms with Gasteiger partial charge in [0.25, 0.3) is 0 Å². The molecule has 4 N–H and O–H groups in total. The maximum atomic E-state index is 9.10. The second kappa shape index (κ2) is 8.88. The third kappa shape index (κ3) is 8.03. The molecule has 0 spiro atoms. The fraction of sp³-hybridized carbons (Fsp3) is 0.833. The van der Waals surface area contributed by atoms with Crippen LogP contribution in [0.5, 0.6) is 0 Å². The fourth-order valence-electron chi connectivity index (χ4n) is 2.07. The summed E-state index contributed by atoms with van der Waals surface area (Å²) in [5.74, 6) is 2.98. The second-order valence-electron chi connectivity index (χ2n) is 4.86. The number of hydrogen-bond acceptors (Lipinski definition) is 4. The molecular weight excluding hydrogens is 236 g/mol. The first-order valence-electron chi connectivity index (χ1n) is 6.28. The lowest BCUT2D eigenvalue weighted by Gasteiger charge is -2.27. The molecule has 0 amide bonds. The monoisotopic (exact) mass is 260 g/mol. The van der Waals surface area contributed by atoms with E-state index in [1.165, 1.54) is 38.5 Å². The van der Waals surface area contributed by atoms with Crippen LogP contribution in [-0.2, 0) is 9.59 Å². The van der Waals surface area contributed by atoms with Crippen molar-refractivity contribution in [1.29, 1.82) is 0 Å². The molecule has 0 aromatic heterocycles. The van der Waals surface area contributed by atoms with Gasteiger partial charge in [-0.2, -0.15) is 0 Å². The van der Waals surface area contributed by atoms with Gasteiger partial charge in [0, 0.05) is 13.1 Å². The van der Waals surface area contributed by atoms with E-state index >= 15 is 0 Å². The number of nitrogens with zero attached hydrogens (tertiary/aromatic N) is 1. The van der Waals surface area contributed by atoms with Gasteiger partial charge < -0.3 is 10.2 Å². The van der Waals surface area contributed by atoms with E-state index in [-0.39, 0.29) is 0 Å². The SMILES string of the molecule is CC(CC1CCCCC1)N(C)N.O=C(O)C(=O)O. The molecule has 0 aliphatic heterocycles. The molecule has 0 heterocycles. The van der Waals surface area contributed by atoms with Crippen molar-refractivity contribution in [3.05, 3.63) is 0 Å². The summed E-state index contributed by atoms with van der Waals surface area (Å²) in [5, 5.41) is 16.6. The first-order chi connectivity index (χ1) is 8.34. The average Bonchev–Trinajstić information content (AvgIpc) is 2.30. The Balaban J connectivity index is 0.000000411. The van der Waals surface area contributed by atoms with E-state index in [0.29, 0.717) is 6.04 Å². The predicted octanol–water partition coefficient (Wildman–Crippen LogP) is 1.31. The quantitative estimate of drug-likeness (QED) is 0.401. The number of carboxylic acid groups (broad SMARTS) is 2. The molecule has 6 heteroatoms. The van der Waals surface area contributed by atoms with Crippen LogP contribution in [0.1, 0.15) is 45.4 Å². The molecule has 6 nitrogen and oxygen atoms in total. The highest BCUT2D eigenvalue weighted by molar-refractivity contribution is 6.27. The van der Waals surface area contributed by atoms with Gasteiger partial charge in [0.05, 0.1) is 0 Å². The normalized spacial score (nSPS) is 17.8. The summed E-state index contributed by atoms with van der Waals surface area (Å²) in [5.41, 5.74) is 0. The van der Waals surface area contributed by atoms with Crippen LogP contribution in [0.4, 0.5) is 0 Å². The van der Waals surface area contributed by atoms with Crippen LogP contribution in [0.25, 0.3) is 0 Å². The van der Waals surface area contributed by atoms with Crippen LogP contribution in [-0.4, -0.2) is 40.3 Å². The number of nitrogens with two attached hydrogens (primary N) is 1. The first kappa shape index (κ1) is 16.9. The van der Waals surface area contributed by atoms with E-state index < -0.39 is 11.9 Å². The van der Waals surface area contributed by atoms with Crippen molar-refractivity contribution in [3.63, 3.8) is 0 Å². The van der Waals surface area contributed by atoms with Crippen molar-refractivity contribution in [2.75, 3.05) is 7.05 Å². The van der Waals surface area contributed by atoms with Gasteiger partial charge in [0.1, 0.15) is 0 Å². The Kier molecular flexibility index (Phi) is 8.32. The van der Waals surface area contributed by atoms with Gasteiger partial charge in [0.15, 0.2) is 0 Å². The second-order valence-corrected chi connectivity index (χ2v) is 4.86. The summed E-state index contributed by atoms with van der Waals surface area (Å²) < 4.78 is 0. The van der Waals surface area contributed by atoms with Gasteiger partial charge in [-0.1, -0.05) is 32.1 Å². The molecule has 1 rings (SSSR count). The topological polar surface area (TPSA) is 104 Å². The van der Waals surface area contributed by atoms with Crippen LogP contribution < -0.4 is 5.84 Å². The Labute approximate surface area is 108 Å². The third-order valence-electron chi connectivity index (χ3n) is 3.28. The summed E-state index contributed by atoms with van der Waals surface area (Å²) in [4.78, 5) is 18.2. The van der Waals surface area contributed by atoms with Crippen LogP contribution in [0, 0.1) is 5.92 Å². The molecule has 0 radical (unpaired) electrons. The zero-order valence-corrected chi connectivity index (χ0v) is 11.1. The molecule has 0 aromatic rings. The van der Waals surface area contributed by atoms with E-state index in [0.717, 1.165) is 5.92 Å². The van der Waals surface area contributed by atoms with E-state index in [4.69, 9.17) is 25.6 Å². The maximum absolute atomic E-state index is 9.10. The maximum Gasteiger partial charge on any atom is 0.414 e. The molecule has 0 bridgehead atoms. The number of hydrogen-bond donors (Lipinski definition) is 3. The van der Waals surface area contributed by atoms with Crippen molar-refractivity contribution in [3.8, 4) is 0 Å². The minimum Gasteiger partial charge on any atom is -0.473 e. The standard InChI is InChI=1S/C10H22N2.C2H2O4/c1-9(12(2)11)8-10-6-4-3-5-7-10;3-1(4)2(5)6/h9-10H,3-8,11H2,1-2H3;(H,3,4)(H,5,6). The molecule has 106 valence electrons. The molecule has 18 heavy (non-hydrogen) atoms. The number of aliphatic carboxylic acids is 2. The van der Waals surface area contributed by atoms with Crippen molar-refractivity contribution >= 4 is 11.9 Å². The summed E-state index contributed by atoms with van der Waals surface area (Å²) in [6, 6.07) is 0.549. The average molecular weight is 260 g/mol. The molecule has 0 saturated heterocycles. The third-order valence-corrected chi connectivity index (χ3v) is 3.28. The molecule has 1 saturated carbocycles. The van der Waals surface area contributed by atoms with Crippen molar-refractivity contribution < 1.29 is 19.8 Å². The van der Waals surface area contributed by atoms with Crippen molar-refractivity contribution in [1.82, 2.24) is 5.01 Å². The van der Waals surface area contributed by atoms with Crippen molar-refractivity contribution in [2.24, 2.45) is 11.8 Å². The molecule has 1 fully saturated rings. The number of carbonyl (C=O) groups is 2. The highest BCUT2D eigenvalue weighted by atomic mass is 16.4. The molecule has 1 aliphatic rings. The van der Waals surface area contributed by atoms with Gasteiger partial charge in [-0.05, 0) is 19.3 Å². The fourth-order valence-corrected chi connectivity index (χ4v) is 2.07. The van der Waals surface area contributed by atoms with E-state index in [9.17, 15) is 0 Å². The van der Waals surface area contributed by atoms with Crippen molar-refractivity contribution in [2.45, 2.75) is 51.5 Å². The highest BCUT2D eigenvalue weighted by Crippen LogP contribution is 2.27. The lowest BCUT2D eigenvalue weighted by molar-refractivity contribution is -0.159. The van der Waals surface area contributed by atoms with E-state index in [1.807, 2.05) is 12.1 Å². The first-order valence-corrected chi connectivity index (χ1v) is 6.28. The van der Waals surface area contributed by atoms with Crippen LogP contribution in [0.15, 0.2) is 0 Å². The zero-order valence-electron chi connectivity index (χ0n) is 11.1. The number of carboxylic acids is 2. The lowest BCUT2D eigenvalue weighted by atomic mass is 9.85. The smallest absolute Gasteiger partial charge is 0.414 e. The van der Waals surface area contributed by atoms with Crippen LogP contribution >= 0.6 is 0 Å². The molecular formula is C12H24N2O4. The summed E-state index contributed by atoms with van der Waals surface area (Å²) in [6.45, 7) is 2.22. The van der Waals surface area contributed by atoms with E-state index in [1.54, 1.807) is 0 Å². The molecule has 1 aliphatic carbocycles. The van der Waals surface area contributed by atoms with Crippen LogP contribution in [0.2, 0.25) is 0 Å². The van der Waals surface area contributed by atoms with Gasteiger partial charge >= 0.3 is 11.9 Å². The minimum atomic E-state index is -1.82. The highest BCUT2D eigenvalue weighted by Gasteiger charge is 2.17. The minimum absolute atomic E-state index is 0.549. The van der Waals surface area contributed by atoms with Gasteiger partial charge in [-0.15, -0.1) is 0 Å². The lowest BCUT2D eigenvalue weighted by Crippen LogP contribution is -2.36. The summed E-state index contributed by atoms with van der Waals surface area (Å²) in [6.07, 6.45) is 8.46. The Morgan fingerprint density at radius 1 is 1.22 bits per heavy atom. The van der Waals surface area contributed by atoms with Gasteiger partial charge in [-0.3, -0.25) is 5.84 Å². The van der Waals surface area contributed by atoms with E-state index in [2.05, 4.69) is 6.92 Å². The van der Waals surface area contributed by atoms with Crippen LogP contribution in [0.3, 0.4) is 0 Å². The Morgan fingerprint density at radius 3 is 2.00 bits per heavy atom. The predicted molar refractivity (Wildman–Crippen MR) is 67.9 cm³/mol. The largest absolute Gasteiger partial charge is 0.473 e. The summed E-state index contributed by atoms with van der Waals surface area (Å²) >= 11 is 0. The molecule has 0 aromatic carbocycles. The zero-order chi connectivity index (χ0) is 14.1. The number of rotatable bonds is 3. The Hall–Kier alpha value is -1.14.